The summed E-state index contributed by atoms with van der Waals surface area (Å²) in [6.07, 6.45) is -0.248. The monoisotopic (exact) mass is 207 g/mol. The van der Waals surface area contributed by atoms with Crippen LogP contribution in [0.2, 0.25) is 0 Å². The molecule has 1 aliphatic heterocycles. The molecule has 1 heterocycles. The number of nitrogens with zero attached hydrogens (tertiary/aromatic N) is 1. The molecule has 1 saturated heterocycles. The number of likely N-dealkylation sites (tertiary alicyclic amines) is 1. The first-order chi connectivity index (χ1) is 6.02. The summed E-state index contributed by atoms with van der Waals surface area (Å²) in [5.74, 6) is 0.366. The molecule has 1 rings (SSSR count). The minimum atomic E-state index is -1.70. The van der Waals surface area contributed by atoms with Crippen LogP contribution in [0.1, 0.15) is 13.3 Å². The van der Waals surface area contributed by atoms with Crippen LogP contribution in [-0.4, -0.2) is 35.0 Å². The van der Waals surface area contributed by atoms with Gasteiger partial charge in [0.05, 0.1) is 0 Å². The molecule has 0 aromatic heterocycles. The predicted molar refractivity (Wildman–Crippen MR) is 51.2 cm³/mol. The normalized spacial score (nSPS) is 28.8. The van der Waals surface area contributed by atoms with E-state index in [1.54, 1.807) is 4.90 Å². The number of rotatable bonds is 3. The number of alkyl halides is 2. The highest BCUT2D eigenvalue weighted by Gasteiger charge is 2.30. The SMILES string of the molecule is C=C(C)[C@@H]1CCN(C(O)C(F)Cl)C1. The first-order valence-electron chi connectivity index (χ1n) is 4.38. The molecule has 0 radical (unpaired) electrons. The lowest BCUT2D eigenvalue weighted by Crippen LogP contribution is -2.38. The summed E-state index contributed by atoms with van der Waals surface area (Å²) >= 11 is 5.15. The molecule has 76 valence electrons. The van der Waals surface area contributed by atoms with E-state index in [2.05, 4.69) is 6.58 Å². The third-order valence-electron chi connectivity index (χ3n) is 2.52. The molecular weight excluding hydrogens is 193 g/mol. The van der Waals surface area contributed by atoms with Gasteiger partial charge in [-0.2, -0.15) is 0 Å². The Labute approximate surface area is 83.0 Å². The van der Waals surface area contributed by atoms with Crippen molar-refractivity contribution in [1.82, 2.24) is 4.90 Å². The van der Waals surface area contributed by atoms with E-state index in [0.717, 1.165) is 12.0 Å². The standard InChI is InChI=1S/C9H15ClFNO/c1-6(2)7-3-4-12(5-7)9(13)8(10)11/h7-9,13H,1,3-5H2,2H3/t7-,8?,9?/m1/s1. The minimum Gasteiger partial charge on any atom is -0.374 e. The Bertz CT molecular complexity index is 198. The Balaban J connectivity index is 2.45. The van der Waals surface area contributed by atoms with Crippen molar-refractivity contribution in [3.8, 4) is 0 Å². The van der Waals surface area contributed by atoms with Gasteiger partial charge in [-0.1, -0.05) is 23.8 Å². The van der Waals surface area contributed by atoms with Crippen molar-refractivity contribution in [2.45, 2.75) is 25.2 Å². The zero-order valence-electron chi connectivity index (χ0n) is 7.71. The highest BCUT2D eigenvalue weighted by Crippen LogP contribution is 2.25. The smallest absolute Gasteiger partial charge is 0.212 e. The van der Waals surface area contributed by atoms with Gasteiger partial charge in [-0.25, -0.2) is 4.39 Å². The van der Waals surface area contributed by atoms with Gasteiger partial charge in [0.1, 0.15) is 0 Å². The Morgan fingerprint density at radius 1 is 1.77 bits per heavy atom. The Hall–Kier alpha value is -0.120. The van der Waals surface area contributed by atoms with Crippen molar-refractivity contribution >= 4 is 11.6 Å². The average molecular weight is 208 g/mol. The molecule has 1 fully saturated rings. The van der Waals surface area contributed by atoms with Crippen molar-refractivity contribution in [3.05, 3.63) is 12.2 Å². The fourth-order valence-corrected chi connectivity index (χ4v) is 1.75. The Morgan fingerprint density at radius 2 is 2.38 bits per heavy atom. The zero-order valence-corrected chi connectivity index (χ0v) is 8.47. The maximum absolute atomic E-state index is 12.5. The number of aliphatic hydroxyl groups excluding tert-OH is 1. The lowest BCUT2D eigenvalue weighted by atomic mass is 10.0. The maximum Gasteiger partial charge on any atom is 0.212 e. The fraction of sp³-hybridized carbons (Fsp3) is 0.778. The molecule has 13 heavy (non-hydrogen) atoms. The quantitative estimate of drug-likeness (QED) is 0.563. The molecule has 2 unspecified atom stereocenters. The largest absolute Gasteiger partial charge is 0.374 e. The van der Waals surface area contributed by atoms with Crippen LogP contribution < -0.4 is 0 Å². The summed E-state index contributed by atoms with van der Waals surface area (Å²) < 4.78 is 12.5. The maximum atomic E-state index is 12.5. The van der Waals surface area contributed by atoms with E-state index < -0.39 is 11.9 Å². The molecule has 0 spiro atoms. The van der Waals surface area contributed by atoms with Gasteiger partial charge in [0.25, 0.3) is 0 Å². The second-order valence-electron chi connectivity index (χ2n) is 3.57. The summed E-state index contributed by atoms with van der Waals surface area (Å²) in [4.78, 5) is 1.65. The summed E-state index contributed by atoms with van der Waals surface area (Å²) in [6.45, 7) is 7.14. The van der Waals surface area contributed by atoms with E-state index in [9.17, 15) is 9.50 Å². The highest BCUT2D eigenvalue weighted by molar-refractivity contribution is 6.19. The van der Waals surface area contributed by atoms with Crippen LogP contribution in [0.25, 0.3) is 0 Å². The van der Waals surface area contributed by atoms with E-state index in [1.165, 1.54) is 0 Å². The molecular formula is C9H15ClFNO. The molecule has 4 heteroatoms. The van der Waals surface area contributed by atoms with Gasteiger partial charge in [0.15, 0.2) is 6.23 Å². The first kappa shape index (κ1) is 11.0. The van der Waals surface area contributed by atoms with Crippen LogP contribution >= 0.6 is 11.6 Å². The topological polar surface area (TPSA) is 23.5 Å². The molecule has 0 aromatic rings. The summed E-state index contributed by atoms with van der Waals surface area (Å²) in [5.41, 5.74) is -0.622. The first-order valence-corrected chi connectivity index (χ1v) is 4.81. The predicted octanol–water partition coefficient (Wildman–Crippen LogP) is 1.74. The fourth-order valence-electron chi connectivity index (χ4n) is 1.59. The highest BCUT2D eigenvalue weighted by atomic mass is 35.5. The molecule has 0 aromatic carbocycles. The van der Waals surface area contributed by atoms with E-state index in [-0.39, 0.29) is 0 Å². The molecule has 3 atom stereocenters. The van der Waals surface area contributed by atoms with Crippen LogP contribution in [0, 0.1) is 5.92 Å². The van der Waals surface area contributed by atoms with Crippen LogP contribution in [0.3, 0.4) is 0 Å². The van der Waals surface area contributed by atoms with Crippen LogP contribution in [0.5, 0.6) is 0 Å². The lowest BCUT2D eigenvalue weighted by Gasteiger charge is -2.22. The van der Waals surface area contributed by atoms with Gasteiger partial charge in [-0.3, -0.25) is 4.90 Å². The molecule has 0 aliphatic carbocycles. The number of hydrogen-bond donors (Lipinski definition) is 1. The summed E-state index contributed by atoms with van der Waals surface area (Å²) in [5, 5.41) is 9.32. The van der Waals surface area contributed by atoms with E-state index in [0.29, 0.717) is 19.0 Å². The van der Waals surface area contributed by atoms with Gasteiger partial charge in [0.2, 0.25) is 5.63 Å². The third-order valence-corrected chi connectivity index (χ3v) is 2.74. The van der Waals surface area contributed by atoms with Gasteiger partial charge < -0.3 is 5.11 Å². The summed E-state index contributed by atoms with van der Waals surface area (Å²) in [6, 6.07) is 0. The van der Waals surface area contributed by atoms with Crippen LogP contribution in [-0.2, 0) is 0 Å². The van der Waals surface area contributed by atoms with Crippen LogP contribution in [0.15, 0.2) is 12.2 Å². The van der Waals surface area contributed by atoms with Crippen molar-refractivity contribution in [3.63, 3.8) is 0 Å². The molecule has 1 aliphatic rings. The molecule has 0 bridgehead atoms. The third kappa shape index (κ3) is 2.66. The molecule has 0 saturated carbocycles. The number of aliphatic hydroxyl groups is 1. The van der Waals surface area contributed by atoms with Crippen LogP contribution in [0.4, 0.5) is 4.39 Å². The van der Waals surface area contributed by atoms with E-state index in [1.807, 2.05) is 6.92 Å². The van der Waals surface area contributed by atoms with Crippen molar-refractivity contribution in [1.29, 1.82) is 0 Å². The number of hydrogen-bond acceptors (Lipinski definition) is 2. The van der Waals surface area contributed by atoms with Gasteiger partial charge >= 0.3 is 0 Å². The van der Waals surface area contributed by atoms with Crippen molar-refractivity contribution in [2.24, 2.45) is 5.92 Å². The molecule has 2 nitrogen and oxygen atoms in total. The molecule has 1 N–H and O–H groups in total. The zero-order chi connectivity index (χ0) is 10.0. The molecule has 0 amide bonds. The van der Waals surface area contributed by atoms with Gasteiger partial charge in [0, 0.05) is 13.1 Å². The van der Waals surface area contributed by atoms with E-state index >= 15 is 0 Å². The summed E-state index contributed by atoms with van der Waals surface area (Å²) in [7, 11) is 0. The second kappa shape index (κ2) is 4.40. The lowest BCUT2D eigenvalue weighted by molar-refractivity contribution is -0.0140. The van der Waals surface area contributed by atoms with Gasteiger partial charge in [-0.15, -0.1) is 0 Å². The second-order valence-corrected chi connectivity index (χ2v) is 3.99. The average Bonchev–Trinajstić information content (AvgIpc) is 2.50. The Morgan fingerprint density at radius 3 is 2.77 bits per heavy atom. The number of halogens is 2. The van der Waals surface area contributed by atoms with Crippen molar-refractivity contribution < 1.29 is 9.50 Å². The Kier molecular flexibility index (Phi) is 3.71. The van der Waals surface area contributed by atoms with E-state index in [4.69, 9.17) is 11.6 Å². The van der Waals surface area contributed by atoms with Crippen molar-refractivity contribution in [2.75, 3.05) is 13.1 Å². The van der Waals surface area contributed by atoms with Gasteiger partial charge in [-0.05, 0) is 19.3 Å². The minimum absolute atomic E-state index is 0.366.